The van der Waals surface area contributed by atoms with Crippen molar-refractivity contribution in [2.24, 2.45) is 0 Å². The zero-order valence-electron chi connectivity index (χ0n) is 19.6. The van der Waals surface area contributed by atoms with E-state index in [1.54, 1.807) is 25.1 Å². The van der Waals surface area contributed by atoms with Crippen molar-refractivity contribution in [1.29, 1.82) is 0 Å². The van der Waals surface area contributed by atoms with Crippen molar-refractivity contribution in [2.75, 3.05) is 20.3 Å². The van der Waals surface area contributed by atoms with E-state index in [4.69, 9.17) is 30.5 Å². The number of esters is 1. The quantitative estimate of drug-likeness (QED) is 0.379. The minimum atomic E-state index is -4.83. The molecule has 0 amide bonds. The van der Waals surface area contributed by atoms with E-state index in [9.17, 15) is 18.0 Å². The Morgan fingerprint density at radius 3 is 2.58 bits per heavy atom. The minimum Gasteiger partial charge on any atom is -0.492 e. The molecule has 2 atom stereocenters. The number of nitrogens with zero attached hydrogens (tertiary/aromatic N) is 3. The number of rotatable bonds is 7. The van der Waals surface area contributed by atoms with Crippen LogP contribution in [0.25, 0.3) is 5.69 Å². The molecule has 192 valence electrons. The van der Waals surface area contributed by atoms with E-state index in [2.05, 4.69) is 10.2 Å². The number of para-hydroxylation sites is 1. The first kappa shape index (κ1) is 25.8. The zero-order valence-corrected chi connectivity index (χ0v) is 20.4. The van der Waals surface area contributed by atoms with Gasteiger partial charge in [0.05, 0.1) is 32.4 Å². The second-order valence-electron chi connectivity index (χ2n) is 7.74. The lowest BCUT2D eigenvalue weighted by atomic mass is 9.98. The smallest absolute Gasteiger partial charge is 0.452 e. The Bertz CT molecular complexity index is 1260. The van der Waals surface area contributed by atoms with Crippen molar-refractivity contribution >= 4 is 17.6 Å². The highest BCUT2D eigenvalue weighted by Crippen LogP contribution is 2.47. The molecule has 2 unspecified atom stereocenters. The van der Waals surface area contributed by atoms with Crippen molar-refractivity contribution < 1.29 is 36.9 Å². The second kappa shape index (κ2) is 10.4. The number of carbonyl (C=O) groups excluding carboxylic acids is 1. The van der Waals surface area contributed by atoms with Crippen LogP contribution in [0.5, 0.6) is 11.5 Å². The largest absolute Gasteiger partial charge is 0.492 e. The Hall–Kier alpha value is -3.31. The Kier molecular flexibility index (Phi) is 7.41. The third-order valence-corrected chi connectivity index (χ3v) is 5.73. The van der Waals surface area contributed by atoms with E-state index < -0.39 is 36.6 Å². The van der Waals surface area contributed by atoms with Gasteiger partial charge in [0.2, 0.25) is 5.82 Å². The molecule has 8 nitrogen and oxygen atoms in total. The fourth-order valence-corrected chi connectivity index (χ4v) is 4.32. The first-order valence-electron chi connectivity index (χ1n) is 11.1. The van der Waals surface area contributed by atoms with Crippen molar-refractivity contribution in [3.8, 4) is 17.2 Å². The summed E-state index contributed by atoms with van der Waals surface area (Å²) in [6.07, 6.45) is -7.46. The van der Waals surface area contributed by atoms with Gasteiger partial charge in [0.15, 0.2) is 17.3 Å². The van der Waals surface area contributed by atoms with Gasteiger partial charge in [-0.2, -0.15) is 13.2 Å². The average molecular weight is 526 g/mol. The molecule has 0 aliphatic carbocycles. The molecule has 2 heterocycles. The molecular formula is C24H23ClF3N3O5. The van der Waals surface area contributed by atoms with Gasteiger partial charge in [-0.15, -0.1) is 10.2 Å². The summed E-state index contributed by atoms with van der Waals surface area (Å²) in [7, 11) is 1.45. The van der Waals surface area contributed by atoms with Crippen LogP contribution in [0.3, 0.4) is 0 Å². The number of halogens is 4. The van der Waals surface area contributed by atoms with E-state index in [-0.39, 0.29) is 23.1 Å². The number of hydrogen-bond donors (Lipinski definition) is 0. The van der Waals surface area contributed by atoms with Crippen LogP contribution in [0.15, 0.2) is 36.4 Å². The molecule has 0 spiro atoms. The molecule has 2 aromatic carbocycles. The molecular weight excluding hydrogens is 503 g/mol. The van der Waals surface area contributed by atoms with E-state index in [0.29, 0.717) is 29.2 Å². The van der Waals surface area contributed by atoms with Crippen LogP contribution < -0.4 is 9.47 Å². The number of carbonyl (C=O) groups is 1. The second-order valence-corrected chi connectivity index (χ2v) is 8.18. The Balaban J connectivity index is 1.99. The monoisotopic (exact) mass is 525 g/mol. The fraction of sp³-hybridized carbons (Fsp3) is 0.375. The standard InChI is InChI=1S/C24H23ClF3N3O5/c1-4-34-17-8-6-7-14(21(17)33-3)20-15-11-13(25)9-10-16(15)31-22(29-30-23(31)24(26,27)28)18(36-20)12-19(32)35-5-2/h6-11,18,20H,4-5,12H2,1-3H3. The van der Waals surface area contributed by atoms with Crippen LogP contribution in [-0.2, 0) is 20.4 Å². The SMILES string of the molecule is CCOC(=O)CC1OC(c2cccc(OCC)c2OC)c2cc(Cl)ccc2-n2c1nnc2C(F)(F)F. The van der Waals surface area contributed by atoms with Gasteiger partial charge in [-0.1, -0.05) is 23.7 Å². The summed E-state index contributed by atoms with van der Waals surface area (Å²) in [5, 5.41) is 7.44. The summed E-state index contributed by atoms with van der Waals surface area (Å²) in [6.45, 7) is 3.88. The lowest BCUT2D eigenvalue weighted by Gasteiger charge is -2.25. The molecule has 1 aliphatic rings. The minimum absolute atomic E-state index is 0.0928. The number of benzene rings is 2. The predicted molar refractivity (Wildman–Crippen MR) is 122 cm³/mol. The van der Waals surface area contributed by atoms with E-state index in [0.717, 1.165) is 4.57 Å². The normalized spacial score (nSPS) is 17.1. The molecule has 0 radical (unpaired) electrons. The van der Waals surface area contributed by atoms with Gasteiger partial charge in [-0.25, -0.2) is 0 Å². The van der Waals surface area contributed by atoms with Crippen LogP contribution in [0.4, 0.5) is 13.2 Å². The molecule has 0 saturated heterocycles. The van der Waals surface area contributed by atoms with Crippen molar-refractivity contribution in [2.45, 2.75) is 38.7 Å². The van der Waals surface area contributed by atoms with Gasteiger partial charge in [-0.05, 0) is 38.1 Å². The third-order valence-electron chi connectivity index (χ3n) is 5.50. The van der Waals surface area contributed by atoms with Crippen LogP contribution in [-0.4, -0.2) is 41.1 Å². The summed E-state index contributed by atoms with van der Waals surface area (Å²) in [6, 6.07) is 9.51. The summed E-state index contributed by atoms with van der Waals surface area (Å²) in [5.41, 5.74) is 0.868. The van der Waals surface area contributed by atoms with E-state index >= 15 is 0 Å². The first-order chi connectivity index (χ1) is 17.2. The number of hydrogen-bond acceptors (Lipinski definition) is 7. The maximum Gasteiger partial charge on any atom is 0.452 e. The molecule has 0 bridgehead atoms. The number of aromatic nitrogens is 3. The highest BCUT2D eigenvalue weighted by molar-refractivity contribution is 6.30. The highest BCUT2D eigenvalue weighted by atomic mass is 35.5. The fourth-order valence-electron chi connectivity index (χ4n) is 4.14. The van der Waals surface area contributed by atoms with Crippen molar-refractivity contribution in [3.05, 3.63) is 64.2 Å². The summed E-state index contributed by atoms with van der Waals surface area (Å²) < 4.78 is 65.5. The molecule has 0 saturated carbocycles. The molecule has 0 fully saturated rings. The molecule has 12 heteroatoms. The summed E-state index contributed by atoms with van der Waals surface area (Å²) in [5.74, 6) is -1.36. The van der Waals surface area contributed by atoms with Gasteiger partial charge in [-0.3, -0.25) is 9.36 Å². The summed E-state index contributed by atoms with van der Waals surface area (Å²) >= 11 is 6.28. The molecule has 4 rings (SSSR count). The van der Waals surface area contributed by atoms with E-state index in [1.165, 1.54) is 25.3 Å². The van der Waals surface area contributed by atoms with Crippen molar-refractivity contribution in [1.82, 2.24) is 14.8 Å². The van der Waals surface area contributed by atoms with Crippen LogP contribution >= 0.6 is 11.6 Å². The molecule has 0 N–H and O–H groups in total. The van der Waals surface area contributed by atoms with Gasteiger partial charge in [0, 0.05) is 16.1 Å². The van der Waals surface area contributed by atoms with Gasteiger partial charge in [0.25, 0.3) is 0 Å². The topological polar surface area (TPSA) is 84.7 Å². The first-order valence-corrected chi connectivity index (χ1v) is 11.5. The highest BCUT2D eigenvalue weighted by Gasteiger charge is 2.44. The Labute approximate surface area is 209 Å². The molecule has 1 aliphatic heterocycles. The van der Waals surface area contributed by atoms with Crippen molar-refractivity contribution in [3.63, 3.8) is 0 Å². The maximum atomic E-state index is 14.0. The number of fused-ring (bicyclic) bond motifs is 3. The third kappa shape index (κ3) is 4.85. The summed E-state index contributed by atoms with van der Waals surface area (Å²) in [4.78, 5) is 12.4. The van der Waals surface area contributed by atoms with Gasteiger partial charge >= 0.3 is 12.1 Å². The van der Waals surface area contributed by atoms with E-state index in [1.807, 2.05) is 6.92 Å². The molecule has 1 aromatic heterocycles. The molecule has 3 aromatic rings. The zero-order chi connectivity index (χ0) is 26.0. The van der Waals surface area contributed by atoms with Crippen LogP contribution in [0.1, 0.15) is 55.3 Å². The number of alkyl halides is 3. The average Bonchev–Trinajstić information content (AvgIpc) is 3.23. The Morgan fingerprint density at radius 1 is 1.14 bits per heavy atom. The number of ether oxygens (including phenoxy) is 4. The predicted octanol–water partition coefficient (Wildman–Crippen LogP) is 5.46. The lowest BCUT2D eigenvalue weighted by Crippen LogP contribution is -2.18. The van der Waals surface area contributed by atoms with Gasteiger partial charge in [0.1, 0.15) is 12.2 Å². The molecule has 36 heavy (non-hydrogen) atoms. The van der Waals surface area contributed by atoms with Crippen LogP contribution in [0.2, 0.25) is 5.02 Å². The van der Waals surface area contributed by atoms with Gasteiger partial charge < -0.3 is 18.9 Å². The Morgan fingerprint density at radius 2 is 1.92 bits per heavy atom. The number of methoxy groups -OCH3 is 1. The maximum absolute atomic E-state index is 14.0. The lowest BCUT2D eigenvalue weighted by molar-refractivity contribution is -0.147. The van der Waals surface area contributed by atoms with Crippen LogP contribution in [0, 0.1) is 0 Å².